The fraction of sp³-hybridized carbons (Fsp3) is 0.278. The number of carbonyl (C=O) groups excluding carboxylic acids is 1. The van der Waals surface area contributed by atoms with E-state index in [1.807, 2.05) is 37.3 Å². The maximum atomic E-state index is 12.3. The van der Waals surface area contributed by atoms with E-state index in [9.17, 15) is 4.79 Å². The van der Waals surface area contributed by atoms with Crippen LogP contribution in [0.2, 0.25) is 0 Å². The molecule has 1 unspecified atom stereocenters. The van der Waals surface area contributed by atoms with Crippen molar-refractivity contribution < 1.29 is 14.3 Å². The summed E-state index contributed by atoms with van der Waals surface area (Å²) in [4.78, 5) is 12.3. The molecule has 1 atom stereocenters. The zero-order valence-corrected chi connectivity index (χ0v) is 13.0. The summed E-state index contributed by atoms with van der Waals surface area (Å²) in [6.45, 7) is 2.03. The molecular formula is C18H19NO3. The first-order chi connectivity index (χ1) is 10.6. The molecule has 0 aromatic heterocycles. The van der Waals surface area contributed by atoms with Gasteiger partial charge in [-0.15, -0.1) is 0 Å². The molecule has 2 aromatic carbocycles. The number of benzene rings is 2. The second-order valence-corrected chi connectivity index (χ2v) is 5.51. The van der Waals surface area contributed by atoms with Crippen LogP contribution in [0, 0.1) is 6.92 Å². The predicted molar refractivity (Wildman–Crippen MR) is 85.8 cm³/mol. The van der Waals surface area contributed by atoms with Crippen molar-refractivity contribution in [1.82, 2.24) is 0 Å². The first-order valence-corrected chi connectivity index (χ1v) is 7.24. The standard InChI is InChI=1S/C18H19NO3/c1-11-4-6-16-14(8-11)15(18(20)19-16)10-12-9-13(21-2)5-7-17(12)22-3/h4-9,15H,10H2,1-3H3,(H,19,20). The molecule has 4 nitrogen and oxygen atoms in total. The van der Waals surface area contributed by atoms with E-state index in [4.69, 9.17) is 9.47 Å². The molecule has 4 heteroatoms. The van der Waals surface area contributed by atoms with Crippen LogP contribution in [-0.2, 0) is 11.2 Å². The Morgan fingerprint density at radius 3 is 2.64 bits per heavy atom. The van der Waals surface area contributed by atoms with E-state index in [1.165, 1.54) is 0 Å². The highest BCUT2D eigenvalue weighted by Gasteiger charge is 2.31. The fourth-order valence-electron chi connectivity index (χ4n) is 2.91. The number of amides is 1. The van der Waals surface area contributed by atoms with Gasteiger partial charge in [0, 0.05) is 5.69 Å². The van der Waals surface area contributed by atoms with E-state index < -0.39 is 0 Å². The van der Waals surface area contributed by atoms with Gasteiger partial charge in [0.2, 0.25) is 5.91 Å². The summed E-state index contributed by atoms with van der Waals surface area (Å²) in [7, 11) is 3.27. The number of aryl methyl sites for hydroxylation is 1. The third kappa shape index (κ3) is 2.52. The molecule has 2 aromatic rings. The van der Waals surface area contributed by atoms with Crippen LogP contribution in [0.25, 0.3) is 0 Å². The SMILES string of the molecule is COc1ccc(OC)c(CC2C(=O)Nc3ccc(C)cc32)c1. The van der Waals surface area contributed by atoms with E-state index in [2.05, 4.69) is 11.4 Å². The average molecular weight is 297 g/mol. The van der Waals surface area contributed by atoms with E-state index in [1.54, 1.807) is 14.2 Å². The minimum atomic E-state index is -0.198. The van der Waals surface area contributed by atoms with Crippen molar-refractivity contribution in [1.29, 1.82) is 0 Å². The maximum absolute atomic E-state index is 12.3. The van der Waals surface area contributed by atoms with Gasteiger partial charge in [0.05, 0.1) is 20.1 Å². The van der Waals surface area contributed by atoms with Gasteiger partial charge >= 0.3 is 0 Å². The second kappa shape index (κ2) is 5.72. The van der Waals surface area contributed by atoms with Crippen molar-refractivity contribution in [3.8, 4) is 11.5 Å². The number of carbonyl (C=O) groups is 1. The maximum Gasteiger partial charge on any atom is 0.232 e. The van der Waals surface area contributed by atoms with Gasteiger partial charge in [-0.1, -0.05) is 17.7 Å². The Morgan fingerprint density at radius 2 is 1.91 bits per heavy atom. The molecule has 0 saturated heterocycles. The molecule has 1 amide bonds. The van der Waals surface area contributed by atoms with Crippen molar-refractivity contribution in [2.45, 2.75) is 19.3 Å². The van der Waals surface area contributed by atoms with Gasteiger partial charge in [-0.2, -0.15) is 0 Å². The van der Waals surface area contributed by atoms with Crippen LogP contribution in [0.5, 0.6) is 11.5 Å². The van der Waals surface area contributed by atoms with E-state index in [0.29, 0.717) is 6.42 Å². The van der Waals surface area contributed by atoms with Gasteiger partial charge in [0.25, 0.3) is 0 Å². The van der Waals surface area contributed by atoms with Crippen LogP contribution in [0.1, 0.15) is 22.6 Å². The number of fused-ring (bicyclic) bond motifs is 1. The van der Waals surface area contributed by atoms with Gasteiger partial charge in [-0.25, -0.2) is 0 Å². The van der Waals surface area contributed by atoms with Crippen LogP contribution in [-0.4, -0.2) is 20.1 Å². The molecule has 1 heterocycles. The Bertz CT molecular complexity index is 724. The number of methoxy groups -OCH3 is 2. The summed E-state index contributed by atoms with van der Waals surface area (Å²) >= 11 is 0. The summed E-state index contributed by atoms with van der Waals surface area (Å²) in [6, 6.07) is 11.7. The third-order valence-corrected chi connectivity index (χ3v) is 4.07. The van der Waals surface area contributed by atoms with E-state index in [-0.39, 0.29) is 11.8 Å². The summed E-state index contributed by atoms with van der Waals surface area (Å²) < 4.78 is 10.7. The number of anilines is 1. The van der Waals surface area contributed by atoms with E-state index in [0.717, 1.165) is 33.9 Å². The van der Waals surface area contributed by atoms with Gasteiger partial charge in [0.15, 0.2) is 0 Å². The minimum absolute atomic E-state index is 0.0328. The highest BCUT2D eigenvalue weighted by atomic mass is 16.5. The smallest absolute Gasteiger partial charge is 0.232 e. The highest BCUT2D eigenvalue weighted by molar-refractivity contribution is 6.03. The monoisotopic (exact) mass is 297 g/mol. The van der Waals surface area contributed by atoms with Crippen LogP contribution in [0.3, 0.4) is 0 Å². The molecular weight excluding hydrogens is 278 g/mol. The van der Waals surface area contributed by atoms with Crippen LogP contribution in [0.4, 0.5) is 5.69 Å². The molecule has 1 aliphatic heterocycles. The topological polar surface area (TPSA) is 47.6 Å². The average Bonchev–Trinajstić information content (AvgIpc) is 2.83. The van der Waals surface area contributed by atoms with Gasteiger partial charge < -0.3 is 14.8 Å². The summed E-state index contributed by atoms with van der Waals surface area (Å²) in [5, 5.41) is 2.95. The molecule has 0 aliphatic carbocycles. The molecule has 0 saturated carbocycles. The lowest BCUT2D eigenvalue weighted by Crippen LogP contribution is -2.14. The largest absolute Gasteiger partial charge is 0.497 e. The predicted octanol–water partition coefficient (Wildman–Crippen LogP) is 3.29. The normalized spacial score (nSPS) is 16.1. The number of hydrogen-bond donors (Lipinski definition) is 1. The van der Waals surface area contributed by atoms with Crippen LogP contribution in [0.15, 0.2) is 36.4 Å². The van der Waals surface area contributed by atoms with Crippen LogP contribution < -0.4 is 14.8 Å². The molecule has 0 bridgehead atoms. The number of hydrogen-bond acceptors (Lipinski definition) is 3. The quantitative estimate of drug-likeness (QED) is 0.942. The number of rotatable bonds is 4. The lowest BCUT2D eigenvalue weighted by Gasteiger charge is -2.14. The zero-order valence-electron chi connectivity index (χ0n) is 13.0. The lowest BCUT2D eigenvalue weighted by atomic mass is 9.92. The molecule has 0 spiro atoms. The molecule has 22 heavy (non-hydrogen) atoms. The number of ether oxygens (including phenoxy) is 2. The fourth-order valence-corrected chi connectivity index (χ4v) is 2.91. The first kappa shape index (κ1) is 14.4. The Balaban J connectivity index is 1.97. The highest BCUT2D eigenvalue weighted by Crippen LogP contribution is 2.37. The van der Waals surface area contributed by atoms with Gasteiger partial charge in [-0.3, -0.25) is 4.79 Å². The second-order valence-electron chi connectivity index (χ2n) is 5.51. The Kier molecular flexibility index (Phi) is 3.75. The Morgan fingerprint density at radius 1 is 1.09 bits per heavy atom. The third-order valence-electron chi connectivity index (χ3n) is 4.07. The lowest BCUT2D eigenvalue weighted by molar-refractivity contribution is -0.117. The van der Waals surface area contributed by atoms with Crippen molar-refractivity contribution in [2.24, 2.45) is 0 Å². The molecule has 1 aliphatic rings. The van der Waals surface area contributed by atoms with Crippen molar-refractivity contribution >= 4 is 11.6 Å². The zero-order chi connectivity index (χ0) is 15.7. The minimum Gasteiger partial charge on any atom is -0.497 e. The van der Waals surface area contributed by atoms with Crippen molar-refractivity contribution in [2.75, 3.05) is 19.5 Å². The molecule has 114 valence electrons. The molecule has 1 N–H and O–H groups in total. The van der Waals surface area contributed by atoms with Gasteiger partial charge in [0.1, 0.15) is 11.5 Å². The number of nitrogens with one attached hydrogen (secondary N) is 1. The first-order valence-electron chi connectivity index (χ1n) is 7.24. The summed E-state index contributed by atoms with van der Waals surface area (Å²) in [5.74, 6) is 1.37. The summed E-state index contributed by atoms with van der Waals surface area (Å²) in [5.41, 5.74) is 4.08. The van der Waals surface area contributed by atoms with Crippen molar-refractivity contribution in [3.63, 3.8) is 0 Å². The molecule has 0 radical (unpaired) electrons. The van der Waals surface area contributed by atoms with Gasteiger partial charge in [-0.05, 0) is 48.7 Å². The summed E-state index contributed by atoms with van der Waals surface area (Å²) in [6.07, 6.45) is 0.586. The van der Waals surface area contributed by atoms with Crippen LogP contribution >= 0.6 is 0 Å². The molecule has 0 fully saturated rings. The Labute approximate surface area is 130 Å². The molecule has 3 rings (SSSR count). The van der Waals surface area contributed by atoms with Crippen molar-refractivity contribution in [3.05, 3.63) is 53.1 Å². The Hall–Kier alpha value is -2.49. The van der Waals surface area contributed by atoms with E-state index >= 15 is 0 Å².